The van der Waals surface area contributed by atoms with E-state index in [1.807, 2.05) is 18.3 Å². The van der Waals surface area contributed by atoms with Crippen LogP contribution in [0.1, 0.15) is 81.5 Å². The zero-order chi connectivity index (χ0) is 25.1. The second-order valence-corrected chi connectivity index (χ2v) is 11.0. The zero-order valence-corrected chi connectivity index (χ0v) is 22.2. The summed E-state index contributed by atoms with van der Waals surface area (Å²) in [6, 6.07) is 13.4. The van der Waals surface area contributed by atoms with E-state index in [9.17, 15) is 4.79 Å². The fourth-order valence-electron chi connectivity index (χ4n) is 6.71. The Morgan fingerprint density at radius 3 is 2.78 bits per heavy atom. The number of likely N-dealkylation sites (tertiary alicyclic amines) is 1. The van der Waals surface area contributed by atoms with Crippen LogP contribution in [0.25, 0.3) is 10.9 Å². The molecular weight excluding hydrogens is 444 g/mol. The number of amides is 1. The number of pyridine rings is 1. The smallest absolute Gasteiger partial charge is 0.224 e. The van der Waals surface area contributed by atoms with Gasteiger partial charge in [0.15, 0.2) is 0 Å². The summed E-state index contributed by atoms with van der Waals surface area (Å²) < 4.78 is 2.45. The lowest BCUT2D eigenvalue weighted by Crippen LogP contribution is -2.53. The Hall–Kier alpha value is -2.66. The molecule has 1 aliphatic carbocycles. The standard InChI is InChI=1S/C31H42N4O/c1-4-16-34-20-23-19-29-26(25-11-8-13-28(34)30(23)25)18-24(21-35(29)17-5-2)31(36)33-15-9-10-22(3)27-12-6-7-14-32-27/h6-8,11-14,20,22,24,26,29H,4-5,9-10,15-19,21H2,1-3H3,(H,33,36)/t22?,24-,26-,29-/m1/s1. The van der Waals surface area contributed by atoms with Crippen molar-refractivity contribution >= 4 is 16.8 Å². The van der Waals surface area contributed by atoms with Crippen molar-refractivity contribution in [3.8, 4) is 0 Å². The van der Waals surface area contributed by atoms with E-state index >= 15 is 0 Å². The summed E-state index contributed by atoms with van der Waals surface area (Å²) >= 11 is 0. The van der Waals surface area contributed by atoms with Crippen LogP contribution in [0.3, 0.4) is 0 Å². The van der Waals surface area contributed by atoms with Crippen LogP contribution in [0.5, 0.6) is 0 Å². The van der Waals surface area contributed by atoms with Crippen molar-refractivity contribution in [2.75, 3.05) is 19.6 Å². The highest BCUT2D eigenvalue weighted by molar-refractivity contribution is 5.89. The van der Waals surface area contributed by atoms with E-state index in [4.69, 9.17) is 0 Å². The van der Waals surface area contributed by atoms with Gasteiger partial charge in [-0.05, 0) is 80.3 Å². The van der Waals surface area contributed by atoms with Crippen LogP contribution in [-0.2, 0) is 17.8 Å². The topological polar surface area (TPSA) is 50.2 Å². The van der Waals surface area contributed by atoms with Crippen molar-refractivity contribution in [1.82, 2.24) is 19.8 Å². The van der Waals surface area contributed by atoms with Crippen LogP contribution in [0.15, 0.2) is 48.8 Å². The highest BCUT2D eigenvalue weighted by atomic mass is 16.1. The summed E-state index contributed by atoms with van der Waals surface area (Å²) in [5.41, 5.74) is 5.48. The van der Waals surface area contributed by atoms with Gasteiger partial charge in [-0.3, -0.25) is 14.7 Å². The molecule has 0 radical (unpaired) electrons. The highest BCUT2D eigenvalue weighted by Crippen LogP contribution is 2.45. The number of aryl methyl sites for hydroxylation is 1. The van der Waals surface area contributed by atoms with Gasteiger partial charge in [-0.15, -0.1) is 0 Å². The molecule has 36 heavy (non-hydrogen) atoms. The largest absolute Gasteiger partial charge is 0.356 e. The van der Waals surface area contributed by atoms with Crippen molar-refractivity contribution in [2.24, 2.45) is 5.92 Å². The first-order valence-electron chi connectivity index (χ1n) is 14.1. The minimum Gasteiger partial charge on any atom is -0.356 e. The molecular formula is C31H42N4O. The lowest BCUT2D eigenvalue weighted by Gasteiger charge is -2.46. The van der Waals surface area contributed by atoms with Crippen molar-refractivity contribution in [2.45, 2.75) is 83.7 Å². The summed E-state index contributed by atoms with van der Waals surface area (Å²) in [6.45, 7) is 10.5. The first-order valence-corrected chi connectivity index (χ1v) is 14.1. The fraction of sp³-hybridized carbons (Fsp3) is 0.548. The minimum absolute atomic E-state index is 0.0561. The number of hydrogen-bond donors (Lipinski definition) is 1. The van der Waals surface area contributed by atoms with Crippen molar-refractivity contribution in [3.05, 3.63) is 65.6 Å². The molecule has 3 heterocycles. The van der Waals surface area contributed by atoms with Gasteiger partial charge in [0, 0.05) is 60.6 Å². The minimum atomic E-state index is 0.0561. The molecule has 0 spiro atoms. The Bertz CT molecular complexity index is 1170. The Morgan fingerprint density at radius 1 is 1.14 bits per heavy atom. The van der Waals surface area contributed by atoms with E-state index in [1.165, 1.54) is 22.0 Å². The van der Waals surface area contributed by atoms with E-state index < -0.39 is 0 Å². The molecule has 0 saturated carbocycles. The number of carbonyl (C=O) groups is 1. The zero-order valence-electron chi connectivity index (χ0n) is 22.2. The molecule has 3 aromatic rings. The Morgan fingerprint density at radius 2 is 2.00 bits per heavy atom. The normalized spacial score (nSPS) is 22.4. The van der Waals surface area contributed by atoms with Gasteiger partial charge in [0.2, 0.25) is 5.91 Å². The molecule has 5 heteroatoms. The Kier molecular flexibility index (Phi) is 7.76. The number of carbonyl (C=O) groups excluding carboxylic acids is 1. The quantitative estimate of drug-likeness (QED) is 0.364. The van der Waals surface area contributed by atoms with Crippen LogP contribution in [0, 0.1) is 5.92 Å². The summed E-state index contributed by atoms with van der Waals surface area (Å²) in [5.74, 6) is 1.14. The lowest BCUT2D eigenvalue weighted by molar-refractivity contribution is -0.127. The highest BCUT2D eigenvalue weighted by Gasteiger charge is 2.42. The van der Waals surface area contributed by atoms with Crippen LogP contribution >= 0.6 is 0 Å². The average Bonchev–Trinajstić information content (AvgIpc) is 3.26. The van der Waals surface area contributed by atoms with E-state index in [2.05, 4.69) is 71.0 Å². The summed E-state index contributed by atoms with van der Waals surface area (Å²) in [4.78, 5) is 20.5. The molecule has 1 aromatic carbocycles. The lowest BCUT2D eigenvalue weighted by atomic mass is 9.72. The van der Waals surface area contributed by atoms with Gasteiger partial charge in [-0.25, -0.2) is 0 Å². The molecule has 192 valence electrons. The van der Waals surface area contributed by atoms with Gasteiger partial charge >= 0.3 is 0 Å². The second kappa shape index (κ2) is 11.2. The molecule has 4 atom stereocenters. The number of hydrogen-bond acceptors (Lipinski definition) is 3. The van der Waals surface area contributed by atoms with Gasteiger partial charge in [-0.1, -0.05) is 39.0 Å². The Balaban J connectivity index is 1.27. The maximum atomic E-state index is 13.4. The molecule has 5 rings (SSSR count). The third-order valence-electron chi connectivity index (χ3n) is 8.42. The number of rotatable bonds is 10. The molecule has 1 amide bonds. The van der Waals surface area contributed by atoms with Crippen LogP contribution in [-0.4, -0.2) is 46.0 Å². The average molecular weight is 487 g/mol. The molecule has 2 aromatic heterocycles. The maximum absolute atomic E-state index is 13.4. The van der Waals surface area contributed by atoms with Gasteiger partial charge < -0.3 is 9.88 Å². The van der Waals surface area contributed by atoms with Crippen molar-refractivity contribution in [1.29, 1.82) is 0 Å². The van der Waals surface area contributed by atoms with E-state index in [0.29, 0.717) is 17.9 Å². The second-order valence-electron chi connectivity index (χ2n) is 11.0. The summed E-state index contributed by atoms with van der Waals surface area (Å²) in [7, 11) is 0. The molecule has 1 fully saturated rings. The first-order chi connectivity index (χ1) is 17.6. The summed E-state index contributed by atoms with van der Waals surface area (Å²) in [5, 5.41) is 4.76. The SMILES string of the molecule is CCCN1C[C@H](C(=O)NCCCC(C)c2ccccn2)C[C@@H]2c3cccc4c3c(cn4CCC)C[C@H]21. The number of benzene rings is 1. The number of piperidine rings is 1. The molecule has 1 saturated heterocycles. The van der Waals surface area contributed by atoms with Gasteiger partial charge in [-0.2, -0.15) is 0 Å². The number of nitrogens with zero attached hydrogens (tertiary/aromatic N) is 3. The predicted molar refractivity (Wildman–Crippen MR) is 147 cm³/mol. The number of fused-ring (bicyclic) bond motifs is 2. The van der Waals surface area contributed by atoms with Gasteiger partial charge in [0.1, 0.15) is 0 Å². The first kappa shape index (κ1) is 25.0. The molecule has 2 aliphatic rings. The molecule has 0 bridgehead atoms. The van der Waals surface area contributed by atoms with Crippen LogP contribution in [0.2, 0.25) is 0 Å². The van der Waals surface area contributed by atoms with E-state index in [0.717, 1.165) is 70.4 Å². The van der Waals surface area contributed by atoms with Crippen molar-refractivity contribution in [3.63, 3.8) is 0 Å². The molecule has 1 N–H and O–H groups in total. The number of nitrogens with one attached hydrogen (secondary N) is 1. The Labute approximate surface area is 216 Å². The summed E-state index contributed by atoms with van der Waals surface area (Å²) in [6.07, 6.45) is 10.6. The van der Waals surface area contributed by atoms with Crippen LogP contribution in [0.4, 0.5) is 0 Å². The molecule has 5 nitrogen and oxygen atoms in total. The van der Waals surface area contributed by atoms with Crippen molar-refractivity contribution < 1.29 is 4.79 Å². The van der Waals surface area contributed by atoms with E-state index in [-0.39, 0.29) is 11.8 Å². The number of aromatic nitrogens is 2. The molecule has 1 unspecified atom stereocenters. The third kappa shape index (κ3) is 4.95. The van der Waals surface area contributed by atoms with Gasteiger partial charge in [0.05, 0.1) is 5.92 Å². The maximum Gasteiger partial charge on any atom is 0.224 e. The monoisotopic (exact) mass is 486 g/mol. The van der Waals surface area contributed by atoms with Gasteiger partial charge in [0.25, 0.3) is 0 Å². The molecule has 1 aliphatic heterocycles. The fourth-order valence-corrected chi connectivity index (χ4v) is 6.71. The predicted octanol–water partition coefficient (Wildman–Crippen LogP) is 5.89. The van der Waals surface area contributed by atoms with Crippen LogP contribution < -0.4 is 5.32 Å². The third-order valence-corrected chi connectivity index (χ3v) is 8.42. The van der Waals surface area contributed by atoms with E-state index in [1.54, 1.807) is 0 Å².